The van der Waals surface area contributed by atoms with Crippen LogP contribution >= 0.6 is 0 Å². The molecule has 1 amide bonds. The topological polar surface area (TPSA) is 80.6 Å². The summed E-state index contributed by atoms with van der Waals surface area (Å²) in [6.07, 6.45) is -0.283. The minimum absolute atomic E-state index is 0.150. The molecule has 0 saturated carbocycles. The molecule has 0 unspecified atom stereocenters. The fraction of sp³-hybridized carbons (Fsp3) is 0.467. The van der Waals surface area contributed by atoms with Crippen molar-refractivity contribution in [2.24, 2.45) is 0 Å². The number of fused-ring (bicyclic) bond motifs is 1. The standard InChI is InChI=1S/C15H19N5O3/c1-2-23-15(22)19-9-7-18(8-10-19)11-20-14(21)12-5-3-4-6-13(12)16-17-20/h3-6H,2,7-11H2,1H3. The van der Waals surface area contributed by atoms with Gasteiger partial charge < -0.3 is 9.64 Å². The molecule has 0 bridgehead atoms. The van der Waals surface area contributed by atoms with Crippen LogP contribution in [-0.4, -0.2) is 63.7 Å². The number of hydrogen-bond donors (Lipinski definition) is 0. The predicted molar refractivity (Wildman–Crippen MR) is 84.0 cm³/mol. The second-order valence-electron chi connectivity index (χ2n) is 5.36. The molecule has 0 radical (unpaired) electrons. The van der Waals surface area contributed by atoms with E-state index in [1.807, 2.05) is 12.1 Å². The first-order chi connectivity index (χ1) is 11.2. The van der Waals surface area contributed by atoms with Gasteiger partial charge in [0.1, 0.15) is 5.52 Å². The molecule has 2 heterocycles. The van der Waals surface area contributed by atoms with Gasteiger partial charge in [0.2, 0.25) is 0 Å². The van der Waals surface area contributed by atoms with E-state index in [1.165, 1.54) is 4.68 Å². The van der Waals surface area contributed by atoms with E-state index in [2.05, 4.69) is 15.2 Å². The summed E-state index contributed by atoms with van der Waals surface area (Å²) >= 11 is 0. The molecule has 1 aromatic carbocycles. The SMILES string of the molecule is CCOC(=O)N1CCN(Cn2nnc3ccccc3c2=O)CC1. The van der Waals surface area contributed by atoms with E-state index in [0.717, 1.165) is 0 Å². The Hall–Kier alpha value is -2.48. The summed E-state index contributed by atoms with van der Waals surface area (Å²) in [4.78, 5) is 27.8. The van der Waals surface area contributed by atoms with Gasteiger partial charge in [-0.2, -0.15) is 4.68 Å². The largest absolute Gasteiger partial charge is 0.450 e. The number of benzene rings is 1. The average Bonchev–Trinajstić information content (AvgIpc) is 2.58. The maximum atomic E-state index is 12.4. The second-order valence-corrected chi connectivity index (χ2v) is 5.36. The maximum Gasteiger partial charge on any atom is 0.409 e. The van der Waals surface area contributed by atoms with E-state index in [4.69, 9.17) is 4.74 Å². The van der Waals surface area contributed by atoms with Crippen molar-refractivity contribution in [2.45, 2.75) is 13.6 Å². The Morgan fingerprint density at radius 1 is 1.22 bits per heavy atom. The first-order valence-corrected chi connectivity index (χ1v) is 7.65. The number of amides is 1. The molecule has 23 heavy (non-hydrogen) atoms. The van der Waals surface area contributed by atoms with Crippen LogP contribution < -0.4 is 5.56 Å². The molecular weight excluding hydrogens is 298 g/mol. The molecule has 8 heteroatoms. The number of nitrogens with zero attached hydrogens (tertiary/aromatic N) is 5. The molecule has 0 N–H and O–H groups in total. The summed E-state index contributed by atoms with van der Waals surface area (Å²) in [5, 5.41) is 8.63. The molecule has 1 aliphatic heterocycles. The molecule has 1 fully saturated rings. The Morgan fingerprint density at radius 3 is 2.70 bits per heavy atom. The lowest BCUT2D eigenvalue weighted by molar-refractivity contribution is 0.0682. The Morgan fingerprint density at radius 2 is 1.96 bits per heavy atom. The lowest BCUT2D eigenvalue weighted by atomic mass is 10.2. The van der Waals surface area contributed by atoms with Crippen molar-refractivity contribution >= 4 is 17.0 Å². The first kappa shape index (κ1) is 15.4. The lowest BCUT2D eigenvalue weighted by Crippen LogP contribution is -2.50. The van der Waals surface area contributed by atoms with E-state index in [0.29, 0.717) is 50.4 Å². The molecular formula is C15H19N5O3. The molecule has 1 saturated heterocycles. The quantitative estimate of drug-likeness (QED) is 0.821. The summed E-state index contributed by atoms with van der Waals surface area (Å²) in [5.74, 6) is 0. The van der Waals surface area contributed by atoms with E-state index in [-0.39, 0.29) is 11.7 Å². The van der Waals surface area contributed by atoms with Crippen molar-refractivity contribution in [3.8, 4) is 0 Å². The molecule has 1 aliphatic rings. The van der Waals surface area contributed by atoms with Crippen LogP contribution in [0.4, 0.5) is 4.79 Å². The highest BCUT2D eigenvalue weighted by molar-refractivity contribution is 5.76. The number of aromatic nitrogens is 3. The zero-order valence-electron chi connectivity index (χ0n) is 13.0. The summed E-state index contributed by atoms with van der Waals surface area (Å²) in [7, 11) is 0. The van der Waals surface area contributed by atoms with Gasteiger partial charge in [-0.3, -0.25) is 9.69 Å². The van der Waals surface area contributed by atoms with Crippen LogP contribution in [0.2, 0.25) is 0 Å². The predicted octanol–water partition coefficient (Wildman–Crippen LogP) is 0.523. The molecule has 0 aliphatic carbocycles. The van der Waals surface area contributed by atoms with Crippen molar-refractivity contribution in [1.82, 2.24) is 24.8 Å². The van der Waals surface area contributed by atoms with E-state index in [9.17, 15) is 9.59 Å². The minimum atomic E-state index is -0.283. The van der Waals surface area contributed by atoms with Crippen LogP contribution in [-0.2, 0) is 11.4 Å². The molecule has 0 atom stereocenters. The zero-order valence-corrected chi connectivity index (χ0v) is 13.0. The van der Waals surface area contributed by atoms with Crippen molar-refractivity contribution in [1.29, 1.82) is 0 Å². The van der Waals surface area contributed by atoms with Gasteiger partial charge in [-0.15, -0.1) is 5.10 Å². The number of hydrogen-bond acceptors (Lipinski definition) is 6. The van der Waals surface area contributed by atoms with Crippen molar-refractivity contribution in [2.75, 3.05) is 32.8 Å². The van der Waals surface area contributed by atoms with Gasteiger partial charge in [-0.25, -0.2) is 4.79 Å². The average molecular weight is 317 g/mol. The van der Waals surface area contributed by atoms with Gasteiger partial charge in [0.15, 0.2) is 0 Å². The molecule has 3 rings (SSSR count). The first-order valence-electron chi connectivity index (χ1n) is 7.65. The number of carbonyl (C=O) groups excluding carboxylic acids is 1. The number of ether oxygens (including phenoxy) is 1. The van der Waals surface area contributed by atoms with Crippen molar-refractivity contribution in [3.05, 3.63) is 34.6 Å². The smallest absolute Gasteiger partial charge is 0.409 e. The third kappa shape index (κ3) is 3.31. The Kier molecular flexibility index (Phi) is 4.52. The van der Waals surface area contributed by atoms with Gasteiger partial charge in [0.05, 0.1) is 18.7 Å². The highest BCUT2D eigenvalue weighted by atomic mass is 16.6. The normalized spacial score (nSPS) is 15.8. The fourth-order valence-corrected chi connectivity index (χ4v) is 2.59. The monoisotopic (exact) mass is 317 g/mol. The van der Waals surface area contributed by atoms with Crippen molar-refractivity contribution < 1.29 is 9.53 Å². The van der Waals surface area contributed by atoms with Crippen LogP contribution in [0.5, 0.6) is 0 Å². The van der Waals surface area contributed by atoms with Crippen molar-refractivity contribution in [3.63, 3.8) is 0 Å². The second kappa shape index (κ2) is 6.74. The summed E-state index contributed by atoms with van der Waals surface area (Å²) in [6.45, 7) is 5.02. The van der Waals surface area contributed by atoms with Gasteiger partial charge in [0.25, 0.3) is 5.56 Å². The van der Waals surface area contributed by atoms with E-state index >= 15 is 0 Å². The summed E-state index contributed by atoms with van der Waals surface area (Å²) in [6, 6.07) is 7.16. The number of piperazine rings is 1. The maximum absolute atomic E-state index is 12.4. The van der Waals surface area contributed by atoms with Crippen LogP contribution in [0.3, 0.4) is 0 Å². The number of carbonyl (C=O) groups is 1. The molecule has 0 spiro atoms. The van der Waals surface area contributed by atoms with E-state index < -0.39 is 0 Å². The molecule has 122 valence electrons. The Bertz CT molecular complexity index is 752. The number of rotatable bonds is 3. The van der Waals surface area contributed by atoms with Crippen LogP contribution in [0.15, 0.2) is 29.1 Å². The van der Waals surface area contributed by atoms with Gasteiger partial charge in [-0.05, 0) is 19.1 Å². The lowest BCUT2D eigenvalue weighted by Gasteiger charge is -2.33. The Labute approximate surface area is 133 Å². The summed E-state index contributed by atoms with van der Waals surface area (Å²) < 4.78 is 6.36. The van der Waals surface area contributed by atoms with E-state index in [1.54, 1.807) is 24.0 Å². The van der Waals surface area contributed by atoms with Gasteiger partial charge in [0, 0.05) is 26.2 Å². The highest BCUT2D eigenvalue weighted by Crippen LogP contribution is 2.06. The zero-order chi connectivity index (χ0) is 16.2. The third-order valence-corrected chi connectivity index (χ3v) is 3.86. The fourth-order valence-electron chi connectivity index (χ4n) is 2.59. The van der Waals surface area contributed by atoms with Gasteiger partial charge >= 0.3 is 6.09 Å². The van der Waals surface area contributed by atoms with Crippen LogP contribution in [0.25, 0.3) is 10.9 Å². The van der Waals surface area contributed by atoms with Gasteiger partial charge in [-0.1, -0.05) is 17.3 Å². The minimum Gasteiger partial charge on any atom is -0.450 e. The summed E-state index contributed by atoms with van der Waals surface area (Å²) in [5.41, 5.74) is 0.448. The third-order valence-electron chi connectivity index (χ3n) is 3.86. The van der Waals surface area contributed by atoms with Crippen LogP contribution in [0.1, 0.15) is 6.92 Å². The highest BCUT2D eigenvalue weighted by Gasteiger charge is 2.22. The molecule has 2 aromatic rings. The van der Waals surface area contributed by atoms with Crippen LogP contribution in [0, 0.1) is 0 Å². The molecule has 1 aromatic heterocycles. The Balaban J connectivity index is 1.66. The molecule has 8 nitrogen and oxygen atoms in total.